The first-order valence-electron chi connectivity index (χ1n) is 7.90. The number of nitrogens with one attached hydrogen (secondary N) is 2. The van der Waals surface area contributed by atoms with Gasteiger partial charge in [0.05, 0.1) is 5.56 Å². The standard InChI is InChI=1S/C17H17N3O5/c21-14-8-13(18-17(25)19-14)15(22)20-6-2-5-12(9-20)10-3-1-4-11(7-10)16(23)24/h1,3-4,7-8,12H,2,5-6,9H2,(H,23,24)(H2,18,19,21,25)/t12-/m1/s1. The van der Waals surface area contributed by atoms with Gasteiger partial charge < -0.3 is 15.0 Å². The molecule has 1 saturated heterocycles. The van der Waals surface area contributed by atoms with Gasteiger partial charge in [-0.1, -0.05) is 12.1 Å². The summed E-state index contributed by atoms with van der Waals surface area (Å²) in [6, 6.07) is 7.75. The van der Waals surface area contributed by atoms with E-state index in [-0.39, 0.29) is 17.2 Å². The van der Waals surface area contributed by atoms with Gasteiger partial charge in [0.25, 0.3) is 11.5 Å². The van der Waals surface area contributed by atoms with Gasteiger partial charge in [-0.3, -0.25) is 14.6 Å². The topological polar surface area (TPSA) is 123 Å². The quantitative estimate of drug-likeness (QED) is 0.760. The number of carboxylic acids is 1. The summed E-state index contributed by atoms with van der Waals surface area (Å²) in [5, 5.41) is 9.12. The molecule has 3 N–H and O–H groups in total. The van der Waals surface area contributed by atoms with Gasteiger partial charge in [0.15, 0.2) is 0 Å². The Morgan fingerprint density at radius 2 is 1.96 bits per heavy atom. The molecular formula is C17H17N3O5. The fraction of sp³-hybridized carbons (Fsp3) is 0.294. The van der Waals surface area contributed by atoms with Crippen molar-refractivity contribution in [3.05, 3.63) is 68.0 Å². The van der Waals surface area contributed by atoms with Gasteiger partial charge >= 0.3 is 11.7 Å². The lowest BCUT2D eigenvalue weighted by Gasteiger charge is -2.33. The predicted molar refractivity (Wildman–Crippen MR) is 89.0 cm³/mol. The van der Waals surface area contributed by atoms with Crippen LogP contribution in [0.15, 0.2) is 39.9 Å². The van der Waals surface area contributed by atoms with E-state index in [1.54, 1.807) is 17.0 Å². The maximum Gasteiger partial charge on any atom is 0.335 e. The van der Waals surface area contributed by atoms with Crippen molar-refractivity contribution in [3.63, 3.8) is 0 Å². The van der Waals surface area contributed by atoms with Crippen LogP contribution < -0.4 is 11.2 Å². The first-order chi connectivity index (χ1) is 11.9. The van der Waals surface area contributed by atoms with Gasteiger partial charge in [0.2, 0.25) is 0 Å². The molecule has 1 amide bonds. The number of piperidine rings is 1. The normalized spacial score (nSPS) is 17.3. The highest BCUT2D eigenvalue weighted by molar-refractivity contribution is 5.92. The first kappa shape index (κ1) is 16.7. The molecule has 1 aliphatic rings. The van der Waals surface area contributed by atoms with Crippen LogP contribution in [0.5, 0.6) is 0 Å². The number of nitrogens with zero attached hydrogens (tertiary/aromatic N) is 1. The van der Waals surface area contributed by atoms with E-state index in [0.717, 1.165) is 24.5 Å². The number of likely N-dealkylation sites (tertiary alicyclic amines) is 1. The number of benzene rings is 1. The van der Waals surface area contributed by atoms with Crippen molar-refractivity contribution >= 4 is 11.9 Å². The lowest BCUT2D eigenvalue weighted by Crippen LogP contribution is -2.41. The number of carbonyl (C=O) groups is 2. The number of aromatic carboxylic acids is 1. The van der Waals surface area contributed by atoms with E-state index in [0.29, 0.717) is 13.1 Å². The van der Waals surface area contributed by atoms with Crippen LogP contribution in [0.2, 0.25) is 0 Å². The van der Waals surface area contributed by atoms with Crippen molar-refractivity contribution in [2.45, 2.75) is 18.8 Å². The average molecular weight is 343 g/mol. The monoisotopic (exact) mass is 343 g/mol. The Balaban J connectivity index is 1.82. The molecule has 0 saturated carbocycles. The zero-order valence-corrected chi connectivity index (χ0v) is 13.3. The van der Waals surface area contributed by atoms with Gasteiger partial charge in [-0.25, -0.2) is 9.59 Å². The van der Waals surface area contributed by atoms with Crippen LogP contribution >= 0.6 is 0 Å². The molecular weight excluding hydrogens is 326 g/mol. The molecule has 8 nitrogen and oxygen atoms in total. The number of H-pyrrole nitrogens is 2. The summed E-state index contributed by atoms with van der Waals surface area (Å²) in [5.41, 5.74) is -0.334. The summed E-state index contributed by atoms with van der Waals surface area (Å²) in [5.74, 6) is -1.40. The maximum atomic E-state index is 12.6. The molecule has 2 aromatic rings. The summed E-state index contributed by atoms with van der Waals surface area (Å²) in [6.07, 6.45) is 1.58. The summed E-state index contributed by atoms with van der Waals surface area (Å²) in [4.78, 5) is 52.4. The summed E-state index contributed by atoms with van der Waals surface area (Å²) >= 11 is 0. The number of aromatic nitrogens is 2. The maximum absolute atomic E-state index is 12.6. The molecule has 1 fully saturated rings. The van der Waals surface area contributed by atoms with Crippen LogP contribution in [-0.4, -0.2) is 44.9 Å². The van der Waals surface area contributed by atoms with Gasteiger partial charge in [0, 0.05) is 25.1 Å². The van der Waals surface area contributed by atoms with Crippen LogP contribution in [0.4, 0.5) is 0 Å². The third-order valence-electron chi connectivity index (χ3n) is 4.30. The minimum Gasteiger partial charge on any atom is -0.478 e. The lowest BCUT2D eigenvalue weighted by atomic mass is 9.89. The number of aromatic amines is 2. The number of hydrogen-bond donors (Lipinski definition) is 3. The van der Waals surface area contributed by atoms with Crippen molar-refractivity contribution in [1.29, 1.82) is 0 Å². The Labute approximate surface area is 142 Å². The van der Waals surface area contributed by atoms with Crippen molar-refractivity contribution in [2.24, 2.45) is 0 Å². The molecule has 130 valence electrons. The summed E-state index contributed by atoms with van der Waals surface area (Å²) in [6.45, 7) is 0.916. The molecule has 3 rings (SSSR count). The van der Waals surface area contributed by atoms with Crippen molar-refractivity contribution in [3.8, 4) is 0 Å². The number of rotatable bonds is 3. The number of hydrogen-bond acceptors (Lipinski definition) is 4. The zero-order valence-electron chi connectivity index (χ0n) is 13.3. The molecule has 1 aromatic carbocycles. The summed E-state index contributed by atoms with van der Waals surface area (Å²) < 4.78 is 0. The second kappa shape index (κ2) is 6.76. The largest absolute Gasteiger partial charge is 0.478 e. The van der Waals surface area contributed by atoms with Crippen LogP contribution in [0.3, 0.4) is 0 Å². The van der Waals surface area contributed by atoms with Crippen molar-refractivity contribution < 1.29 is 14.7 Å². The lowest BCUT2D eigenvalue weighted by molar-refractivity contribution is 0.0685. The Kier molecular flexibility index (Phi) is 4.51. The van der Waals surface area contributed by atoms with Crippen molar-refractivity contribution in [1.82, 2.24) is 14.9 Å². The Hall–Kier alpha value is -3.16. The SMILES string of the molecule is O=C(O)c1cccc([C@@H]2CCCN(C(=O)c3cc(=O)[nH]c(=O)[nH]3)C2)c1. The second-order valence-corrected chi connectivity index (χ2v) is 6.02. The number of carbonyl (C=O) groups excluding carboxylic acids is 1. The van der Waals surface area contributed by atoms with Gasteiger partial charge in [-0.15, -0.1) is 0 Å². The molecule has 0 bridgehead atoms. The van der Waals surface area contributed by atoms with Crippen molar-refractivity contribution in [2.75, 3.05) is 13.1 Å². The number of carboxylic acid groups (broad SMARTS) is 1. The van der Waals surface area contributed by atoms with E-state index in [4.69, 9.17) is 5.11 Å². The van der Waals surface area contributed by atoms with Gasteiger partial charge in [-0.2, -0.15) is 0 Å². The Bertz CT molecular complexity index is 902. The summed E-state index contributed by atoms with van der Waals surface area (Å²) in [7, 11) is 0. The Morgan fingerprint density at radius 1 is 1.16 bits per heavy atom. The second-order valence-electron chi connectivity index (χ2n) is 6.02. The molecule has 0 radical (unpaired) electrons. The third-order valence-corrected chi connectivity index (χ3v) is 4.30. The Morgan fingerprint density at radius 3 is 2.68 bits per heavy atom. The molecule has 1 aliphatic heterocycles. The van der Waals surface area contributed by atoms with E-state index >= 15 is 0 Å². The van der Waals surface area contributed by atoms with E-state index in [2.05, 4.69) is 4.98 Å². The number of amides is 1. The minimum atomic E-state index is -0.994. The van der Waals surface area contributed by atoms with Gasteiger partial charge in [0.1, 0.15) is 5.69 Å². The van der Waals surface area contributed by atoms with E-state index in [1.807, 2.05) is 11.1 Å². The molecule has 8 heteroatoms. The van der Waals surface area contributed by atoms with E-state index in [1.165, 1.54) is 6.07 Å². The highest BCUT2D eigenvalue weighted by Gasteiger charge is 2.26. The predicted octanol–water partition coefficient (Wildman–Crippen LogP) is 0.781. The highest BCUT2D eigenvalue weighted by Crippen LogP contribution is 2.28. The van der Waals surface area contributed by atoms with Crippen LogP contribution in [0.25, 0.3) is 0 Å². The van der Waals surface area contributed by atoms with Crippen LogP contribution in [0.1, 0.15) is 45.2 Å². The molecule has 0 aliphatic carbocycles. The zero-order chi connectivity index (χ0) is 18.0. The molecule has 0 spiro atoms. The third kappa shape index (κ3) is 3.68. The van der Waals surface area contributed by atoms with E-state index in [9.17, 15) is 19.2 Å². The fourth-order valence-corrected chi connectivity index (χ4v) is 3.11. The smallest absolute Gasteiger partial charge is 0.335 e. The van der Waals surface area contributed by atoms with Gasteiger partial charge in [-0.05, 0) is 30.5 Å². The van der Waals surface area contributed by atoms with Crippen LogP contribution in [0, 0.1) is 0 Å². The molecule has 1 aromatic heterocycles. The highest BCUT2D eigenvalue weighted by atomic mass is 16.4. The molecule has 2 heterocycles. The first-order valence-corrected chi connectivity index (χ1v) is 7.90. The minimum absolute atomic E-state index is 0.00530. The fourth-order valence-electron chi connectivity index (χ4n) is 3.11. The van der Waals surface area contributed by atoms with E-state index < -0.39 is 23.1 Å². The van der Waals surface area contributed by atoms with Crippen LogP contribution in [-0.2, 0) is 0 Å². The average Bonchev–Trinajstić information content (AvgIpc) is 2.60. The molecule has 25 heavy (non-hydrogen) atoms. The molecule has 1 atom stereocenters. The molecule has 0 unspecified atom stereocenters.